The minimum atomic E-state index is -0.248. The minimum Gasteiger partial charge on any atom is -0.497 e. The van der Waals surface area contributed by atoms with Crippen molar-refractivity contribution in [1.29, 1.82) is 0 Å². The van der Waals surface area contributed by atoms with Crippen molar-refractivity contribution in [2.75, 3.05) is 12.4 Å². The molecule has 19 heavy (non-hydrogen) atoms. The number of hydrogen-bond donors (Lipinski definition) is 2. The van der Waals surface area contributed by atoms with Gasteiger partial charge in [-0.25, -0.2) is 4.79 Å². The molecule has 0 radical (unpaired) electrons. The van der Waals surface area contributed by atoms with Crippen molar-refractivity contribution >= 4 is 11.7 Å². The van der Waals surface area contributed by atoms with Crippen molar-refractivity contribution in [3.05, 3.63) is 54.4 Å². The zero-order valence-corrected chi connectivity index (χ0v) is 10.6. The summed E-state index contributed by atoms with van der Waals surface area (Å²) < 4.78 is 5.07. The number of ether oxygens (including phenoxy) is 1. The summed E-state index contributed by atoms with van der Waals surface area (Å²) in [6, 6.07) is 10.7. The molecule has 1 heterocycles. The number of carbonyl (C=O) groups excluding carboxylic acids is 1. The van der Waals surface area contributed by atoms with Gasteiger partial charge in [0.15, 0.2) is 0 Å². The van der Waals surface area contributed by atoms with E-state index in [0.717, 1.165) is 11.3 Å². The highest BCUT2D eigenvalue weighted by Crippen LogP contribution is 2.11. The summed E-state index contributed by atoms with van der Waals surface area (Å²) in [5.41, 5.74) is 1.72. The van der Waals surface area contributed by atoms with Crippen molar-refractivity contribution in [3.63, 3.8) is 0 Å². The van der Waals surface area contributed by atoms with Gasteiger partial charge in [0.05, 0.1) is 7.11 Å². The van der Waals surface area contributed by atoms with Crippen LogP contribution in [0, 0.1) is 0 Å². The number of nitrogens with one attached hydrogen (secondary N) is 2. The highest BCUT2D eigenvalue weighted by molar-refractivity contribution is 5.88. The second-order valence-corrected chi connectivity index (χ2v) is 3.89. The standard InChI is InChI=1S/C14H15N3O2/c1-19-13-4-2-11(3-5-13)10-16-14(18)17-12-6-8-15-9-7-12/h2-9H,10H2,1H3,(H2,15,16,17,18). The van der Waals surface area contributed by atoms with E-state index in [4.69, 9.17) is 4.74 Å². The zero-order valence-electron chi connectivity index (χ0n) is 10.6. The molecule has 0 aliphatic rings. The molecule has 2 aromatic rings. The fourth-order valence-corrected chi connectivity index (χ4v) is 1.54. The van der Waals surface area contributed by atoms with Crippen LogP contribution in [0.25, 0.3) is 0 Å². The van der Waals surface area contributed by atoms with E-state index in [1.54, 1.807) is 31.6 Å². The third kappa shape index (κ3) is 3.99. The van der Waals surface area contributed by atoms with Crippen LogP contribution in [-0.4, -0.2) is 18.1 Å². The van der Waals surface area contributed by atoms with Gasteiger partial charge in [-0.15, -0.1) is 0 Å². The Balaban J connectivity index is 1.83. The number of amides is 2. The van der Waals surface area contributed by atoms with Crippen LogP contribution in [0.3, 0.4) is 0 Å². The number of anilines is 1. The van der Waals surface area contributed by atoms with Crippen LogP contribution in [-0.2, 0) is 6.54 Å². The van der Waals surface area contributed by atoms with Gasteiger partial charge in [0.25, 0.3) is 0 Å². The Morgan fingerprint density at radius 2 is 1.84 bits per heavy atom. The fourth-order valence-electron chi connectivity index (χ4n) is 1.54. The predicted octanol–water partition coefficient (Wildman–Crippen LogP) is 2.41. The number of carbonyl (C=O) groups is 1. The molecule has 0 aliphatic heterocycles. The molecule has 2 N–H and O–H groups in total. The number of rotatable bonds is 4. The van der Waals surface area contributed by atoms with E-state index in [2.05, 4.69) is 15.6 Å². The van der Waals surface area contributed by atoms with E-state index in [0.29, 0.717) is 12.2 Å². The van der Waals surface area contributed by atoms with E-state index in [9.17, 15) is 4.79 Å². The highest BCUT2D eigenvalue weighted by Gasteiger charge is 2.01. The lowest BCUT2D eigenvalue weighted by Crippen LogP contribution is -2.28. The Bertz CT molecular complexity index is 526. The van der Waals surface area contributed by atoms with Gasteiger partial charge in [0.2, 0.25) is 0 Å². The third-order valence-electron chi connectivity index (χ3n) is 2.55. The quantitative estimate of drug-likeness (QED) is 0.884. The van der Waals surface area contributed by atoms with Crippen molar-refractivity contribution in [1.82, 2.24) is 10.3 Å². The molecule has 0 atom stereocenters. The third-order valence-corrected chi connectivity index (χ3v) is 2.55. The van der Waals surface area contributed by atoms with Gasteiger partial charge in [-0.2, -0.15) is 0 Å². The van der Waals surface area contributed by atoms with Gasteiger partial charge in [-0.3, -0.25) is 4.98 Å². The molecule has 5 heteroatoms. The molecular formula is C14H15N3O2. The van der Waals surface area contributed by atoms with Crippen LogP contribution >= 0.6 is 0 Å². The molecule has 98 valence electrons. The van der Waals surface area contributed by atoms with Gasteiger partial charge in [-0.1, -0.05) is 12.1 Å². The zero-order chi connectivity index (χ0) is 13.5. The number of urea groups is 1. The lowest BCUT2D eigenvalue weighted by molar-refractivity contribution is 0.251. The summed E-state index contributed by atoms with van der Waals surface area (Å²) in [5.74, 6) is 0.796. The van der Waals surface area contributed by atoms with Gasteiger partial charge in [0, 0.05) is 24.6 Å². The molecule has 0 bridgehead atoms. The number of hydrogen-bond acceptors (Lipinski definition) is 3. The summed E-state index contributed by atoms with van der Waals surface area (Å²) in [6.45, 7) is 0.459. The first kappa shape index (κ1) is 12.9. The summed E-state index contributed by atoms with van der Waals surface area (Å²) in [4.78, 5) is 15.5. The molecule has 0 aliphatic carbocycles. The molecule has 0 spiro atoms. The van der Waals surface area contributed by atoms with Crippen LogP contribution in [0.1, 0.15) is 5.56 Å². The van der Waals surface area contributed by atoms with Gasteiger partial charge in [0.1, 0.15) is 5.75 Å². The lowest BCUT2D eigenvalue weighted by Gasteiger charge is -2.08. The average Bonchev–Trinajstić information content (AvgIpc) is 2.47. The molecule has 0 fully saturated rings. The molecule has 5 nitrogen and oxygen atoms in total. The van der Waals surface area contributed by atoms with Crippen LogP contribution < -0.4 is 15.4 Å². The Morgan fingerprint density at radius 1 is 1.16 bits per heavy atom. The van der Waals surface area contributed by atoms with Crippen LogP contribution in [0.4, 0.5) is 10.5 Å². The molecule has 2 amide bonds. The molecule has 0 saturated carbocycles. The van der Waals surface area contributed by atoms with Crippen molar-refractivity contribution < 1.29 is 9.53 Å². The van der Waals surface area contributed by atoms with Crippen LogP contribution in [0.15, 0.2) is 48.8 Å². The van der Waals surface area contributed by atoms with E-state index >= 15 is 0 Å². The Morgan fingerprint density at radius 3 is 2.47 bits per heavy atom. The number of methoxy groups -OCH3 is 1. The maximum atomic E-state index is 11.6. The normalized spacial score (nSPS) is 9.74. The Hall–Kier alpha value is -2.56. The molecule has 1 aromatic carbocycles. The van der Waals surface area contributed by atoms with Crippen molar-refractivity contribution in [2.45, 2.75) is 6.54 Å². The topological polar surface area (TPSA) is 63.2 Å². The predicted molar refractivity (Wildman–Crippen MR) is 73.1 cm³/mol. The SMILES string of the molecule is COc1ccc(CNC(=O)Nc2ccncc2)cc1. The first-order valence-electron chi connectivity index (χ1n) is 5.86. The average molecular weight is 257 g/mol. The van der Waals surface area contributed by atoms with Crippen molar-refractivity contribution in [2.24, 2.45) is 0 Å². The minimum absolute atomic E-state index is 0.248. The second-order valence-electron chi connectivity index (χ2n) is 3.89. The molecule has 2 rings (SSSR count). The Kier molecular flexibility index (Phi) is 4.34. The smallest absolute Gasteiger partial charge is 0.319 e. The van der Waals surface area contributed by atoms with Gasteiger partial charge in [-0.05, 0) is 29.8 Å². The van der Waals surface area contributed by atoms with Crippen molar-refractivity contribution in [3.8, 4) is 5.75 Å². The monoisotopic (exact) mass is 257 g/mol. The van der Waals surface area contributed by atoms with E-state index in [1.807, 2.05) is 24.3 Å². The molecule has 1 aromatic heterocycles. The largest absolute Gasteiger partial charge is 0.497 e. The number of aromatic nitrogens is 1. The summed E-state index contributed by atoms with van der Waals surface area (Å²) in [7, 11) is 1.62. The molecular weight excluding hydrogens is 242 g/mol. The Labute approximate surface area is 111 Å². The summed E-state index contributed by atoms with van der Waals surface area (Å²) in [5, 5.41) is 5.49. The first-order chi connectivity index (χ1) is 9.28. The van der Waals surface area contributed by atoms with E-state index < -0.39 is 0 Å². The summed E-state index contributed by atoms with van der Waals surface area (Å²) >= 11 is 0. The maximum absolute atomic E-state index is 11.6. The number of benzene rings is 1. The molecule has 0 unspecified atom stereocenters. The number of pyridine rings is 1. The maximum Gasteiger partial charge on any atom is 0.319 e. The van der Waals surface area contributed by atoms with Crippen LogP contribution in [0.2, 0.25) is 0 Å². The summed E-state index contributed by atoms with van der Waals surface area (Å²) in [6.07, 6.45) is 3.25. The number of nitrogens with zero attached hydrogens (tertiary/aromatic N) is 1. The lowest BCUT2D eigenvalue weighted by atomic mass is 10.2. The van der Waals surface area contributed by atoms with Gasteiger partial charge < -0.3 is 15.4 Å². The van der Waals surface area contributed by atoms with E-state index in [-0.39, 0.29) is 6.03 Å². The molecule has 0 saturated heterocycles. The second kappa shape index (κ2) is 6.39. The van der Waals surface area contributed by atoms with E-state index in [1.165, 1.54) is 0 Å². The van der Waals surface area contributed by atoms with Gasteiger partial charge >= 0.3 is 6.03 Å². The van der Waals surface area contributed by atoms with Crippen LogP contribution in [0.5, 0.6) is 5.75 Å². The fraction of sp³-hybridized carbons (Fsp3) is 0.143. The highest BCUT2D eigenvalue weighted by atomic mass is 16.5. The first-order valence-corrected chi connectivity index (χ1v) is 5.86.